The summed E-state index contributed by atoms with van der Waals surface area (Å²) >= 11 is 7.58. The Kier molecular flexibility index (Phi) is 5.94. The number of aromatic nitrogens is 2. The van der Waals surface area contributed by atoms with Crippen LogP contribution in [0.15, 0.2) is 34.4 Å². The van der Waals surface area contributed by atoms with Crippen molar-refractivity contribution < 1.29 is 4.79 Å². The van der Waals surface area contributed by atoms with Crippen LogP contribution in [0.1, 0.15) is 18.3 Å². The number of fused-ring (bicyclic) bond motifs is 1. The number of nitrogens with zero attached hydrogens (tertiary/aromatic N) is 3. The molecule has 0 aliphatic rings. The van der Waals surface area contributed by atoms with Gasteiger partial charge in [0.25, 0.3) is 5.56 Å². The first-order valence-corrected chi connectivity index (χ1v) is 9.87. The Labute approximate surface area is 166 Å². The molecule has 1 N–H and O–H groups in total. The van der Waals surface area contributed by atoms with Gasteiger partial charge in [-0.3, -0.25) is 14.5 Å². The van der Waals surface area contributed by atoms with E-state index in [9.17, 15) is 9.59 Å². The second-order valence-corrected chi connectivity index (χ2v) is 7.60. The maximum Gasteiger partial charge on any atom is 0.268 e. The number of amides is 1. The number of benzene rings is 1. The molecule has 0 saturated heterocycles. The number of likely N-dealkylation sites (N-methyl/N-ethyl adjacent to an activating group) is 2. The van der Waals surface area contributed by atoms with E-state index in [1.54, 1.807) is 18.0 Å². The molecule has 2 heterocycles. The van der Waals surface area contributed by atoms with Gasteiger partial charge >= 0.3 is 0 Å². The fourth-order valence-electron chi connectivity index (χ4n) is 2.81. The van der Waals surface area contributed by atoms with Crippen LogP contribution in [0.5, 0.6) is 0 Å². The van der Waals surface area contributed by atoms with Gasteiger partial charge in [-0.25, -0.2) is 4.98 Å². The fraction of sp³-hybridized carbons (Fsp3) is 0.316. The van der Waals surface area contributed by atoms with Crippen LogP contribution in [0.4, 0.5) is 5.69 Å². The standard InChI is InChI=1S/C19H21ClN4O2S/c1-4-24(10-16(25)23(3)14-8-6-5-7-13(14)20)9-15-21-17-12(2)11-27-18(17)19(26)22-15/h5-8,11H,4,9-10H2,1-3H3,(H,21,22,26). The molecule has 0 fully saturated rings. The molecule has 6 nitrogen and oxygen atoms in total. The highest BCUT2D eigenvalue weighted by Crippen LogP contribution is 2.24. The van der Waals surface area contributed by atoms with Crippen molar-refractivity contribution in [2.75, 3.05) is 25.0 Å². The zero-order valence-electron chi connectivity index (χ0n) is 15.5. The summed E-state index contributed by atoms with van der Waals surface area (Å²) in [6.45, 7) is 5.14. The number of anilines is 1. The van der Waals surface area contributed by atoms with Gasteiger partial charge in [-0.1, -0.05) is 30.7 Å². The van der Waals surface area contributed by atoms with Crippen molar-refractivity contribution in [3.63, 3.8) is 0 Å². The first-order chi connectivity index (χ1) is 12.9. The molecular formula is C19H21ClN4O2S. The van der Waals surface area contributed by atoms with Crippen LogP contribution in [0.3, 0.4) is 0 Å². The highest BCUT2D eigenvalue weighted by atomic mass is 35.5. The molecule has 1 amide bonds. The minimum atomic E-state index is -0.135. The van der Waals surface area contributed by atoms with Crippen LogP contribution in [-0.4, -0.2) is 40.9 Å². The molecule has 2 aromatic heterocycles. The lowest BCUT2D eigenvalue weighted by atomic mass is 10.3. The highest BCUT2D eigenvalue weighted by Gasteiger charge is 2.18. The Bertz CT molecular complexity index is 1030. The number of aryl methyl sites for hydroxylation is 1. The third-order valence-electron chi connectivity index (χ3n) is 4.42. The third-order valence-corrected chi connectivity index (χ3v) is 5.83. The lowest BCUT2D eigenvalue weighted by molar-refractivity contribution is -0.119. The fourth-order valence-corrected chi connectivity index (χ4v) is 3.96. The van der Waals surface area contributed by atoms with Crippen molar-refractivity contribution in [1.29, 1.82) is 0 Å². The Morgan fingerprint density at radius 2 is 2.07 bits per heavy atom. The second-order valence-electron chi connectivity index (χ2n) is 6.32. The number of rotatable bonds is 6. The lowest BCUT2D eigenvalue weighted by Crippen LogP contribution is -2.38. The highest BCUT2D eigenvalue weighted by molar-refractivity contribution is 7.17. The summed E-state index contributed by atoms with van der Waals surface area (Å²) in [5.74, 6) is 0.476. The van der Waals surface area contributed by atoms with E-state index in [0.717, 1.165) is 11.1 Å². The summed E-state index contributed by atoms with van der Waals surface area (Å²) in [5, 5.41) is 2.46. The van der Waals surface area contributed by atoms with E-state index in [-0.39, 0.29) is 18.0 Å². The molecule has 0 aliphatic heterocycles. The van der Waals surface area contributed by atoms with Crippen molar-refractivity contribution in [3.8, 4) is 0 Å². The van der Waals surface area contributed by atoms with Gasteiger partial charge < -0.3 is 9.88 Å². The van der Waals surface area contributed by atoms with Gasteiger partial charge in [-0.15, -0.1) is 11.3 Å². The lowest BCUT2D eigenvalue weighted by Gasteiger charge is -2.24. The Hall–Kier alpha value is -2.22. The molecule has 0 bridgehead atoms. The Balaban J connectivity index is 1.76. The summed E-state index contributed by atoms with van der Waals surface area (Å²) < 4.78 is 0.633. The number of aromatic amines is 1. The van der Waals surface area contributed by atoms with Crippen LogP contribution in [0, 0.1) is 6.92 Å². The van der Waals surface area contributed by atoms with Crippen molar-refractivity contribution >= 4 is 44.7 Å². The van der Waals surface area contributed by atoms with Crippen molar-refractivity contribution in [3.05, 3.63) is 56.4 Å². The first kappa shape index (κ1) is 19.5. The van der Waals surface area contributed by atoms with Gasteiger partial charge in [0.1, 0.15) is 10.5 Å². The predicted molar refractivity (Wildman–Crippen MR) is 111 cm³/mol. The average Bonchev–Trinajstić information content (AvgIpc) is 3.02. The molecule has 0 radical (unpaired) electrons. The topological polar surface area (TPSA) is 69.3 Å². The number of halogens is 1. The zero-order chi connectivity index (χ0) is 19.6. The van der Waals surface area contributed by atoms with Crippen LogP contribution in [0.25, 0.3) is 10.2 Å². The summed E-state index contributed by atoms with van der Waals surface area (Å²) in [6, 6.07) is 7.23. The minimum absolute atomic E-state index is 0.0833. The Morgan fingerprint density at radius 3 is 2.78 bits per heavy atom. The molecule has 0 atom stereocenters. The maximum atomic E-state index is 12.7. The molecule has 142 valence electrons. The van der Waals surface area contributed by atoms with Gasteiger partial charge in [0, 0.05) is 7.05 Å². The molecule has 0 saturated carbocycles. The Morgan fingerprint density at radius 1 is 1.33 bits per heavy atom. The molecule has 3 rings (SSSR count). The summed E-state index contributed by atoms with van der Waals surface area (Å²) in [5.41, 5.74) is 2.25. The quantitative estimate of drug-likeness (QED) is 0.683. The predicted octanol–water partition coefficient (Wildman–Crippen LogP) is 3.43. The molecule has 1 aromatic carbocycles. The normalized spacial score (nSPS) is 11.3. The minimum Gasteiger partial charge on any atom is -0.313 e. The van der Waals surface area contributed by atoms with E-state index >= 15 is 0 Å². The van der Waals surface area contributed by atoms with Crippen molar-refractivity contribution in [2.24, 2.45) is 0 Å². The number of thiophene rings is 1. The van der Waals surface area contributed by atoms with E-state index in [1.807, 2.05) is 42.3 Å². The number of carbonyl (C=O) groups is 1. The maximum absolute atomic E-state index is 12.7. The van der Waals surface area contributed by atoms with E-state index < -0.39 is 0 Å². The number of carbonyl (C=O) groups excluding carboxylic acids is 1. The van der Waals surface area contributed by atoms with Crippen LogP contribution in [0.2, 0.25) is 5.02 Å². The van der Waals surface area contributed by atoms with Crippen LogP contribution >= 0.6 is 22.9 Å². The van der Waals surface area contributed by atoms with E-state index in [0.29, 0.717) is 34.3 Å². The average molecular weight is 405 g/mol. The van der Waals surface area contributed by atoms with Gasteiger partial charge in [0.05, 0.1) is 29.3 Å². The number of para-hydroxylation sites is 1. The molecule has 27 heavy (non-hydrogen) atoms. The number of hydrogen-bond donors (Lipinski definition) is 1. The van der Waals surface area contributed by atoms with E-state index in [4.69, 9.17) is 11.6 Å². The SMILES string of the molecule is CCN(CC(=O)N(C)c1ccccc1Cl)Cc1nc2c(C)csc2c(=O)[nH]1. The largest absolute Gasteiger partial charge is 0.313 e. The van der Waals surface area contributed by atoms with Crippen molar-refractivity contribution in [1.82, 2.24) is 14.9 Å². The summed E-state index contributed by atoms with van der Waals surface area (Å²) in [7, 11) is 1.71. The van der Waals surface area contributed by atoms with Gasteiger partial charge in [-0.2, -0.15) is 0 Å². The molecule has 0 spiro atoms. The number of nitrogens with one attached hydrogen (secondary N) is 1. The molecule has 3 aromatic rings. The number of H-pyrrole nitrogens is 1. The van der Waals surface area contributed by atoms with Gasteiger partial charge in [0.2, 0.25) is 5.91 Å². The number of hydrogen-bond acceptors (Lipinski definition) is 5. The molecule has 0 unspecified atom stereocenters. The van der Waals surface area contributed by atoms with Gasteiger partial charge in [0.15, 0.2) is 0 Å². The van der Waals surface area contributed by atoms with Crippen molar-refractivity contribution in [2.45, 2.75) is 20.4 Å². The second kappa shape index (κ2) is 8.21. The van der Waals surface area contributed by atoms with Crippen LogP contribution in [-0.2, 0) is 11.3 Å². The molecular weight excluding hydrogens is 384 g/mol. The van der Waals surface area contributed by atoms with Gasteiger partial charge in [-0.05, 0) is 36.5 Å². The van der Waals surface area contributed by atoms with E-state index in [1.165, 1.54) is 11.3 Å². The molecule has 0 aliphatic carbocycles. The van der Waals surface area contributed by atoms with E-state index in [2.05, 4.69) is 9.97 Å². The smallest absolute Gasteiger partial charge is 0.268 e. The summed E-state index contributed by atoms with van der Waals surface area (Å²) in [4.78, 5) is 35.8. The zero-order valence-corrected chi connectivity index (χ0v) is 17.0. The van der Waals surface area contributed by atoms with Crippen LogP contribution < -0.4 is 10.5 Å². The molecule has 8 heteroatoms. The third kappa shape index (κ3) is 4.21. The first-order valence-electron chi connectivity index (χ1n) is 8.61. The summed E-state index contributed by atoms with van der Waals surface area (Å²) in [6.07, 6.45) is 0. The monoisotopic (exact) mass is 404 g/mol.